The van der Waals surface area contributed by atoms with E-state index in [-0.39, 0.29) is 6.71 Å². The summed E-state index contributed by atoms with van der Waals surface area (Å²) < 4.78 is 4.97. The summed E-state index contributed by atoms with van der Waals surface area (Å²) in [7, 11) is 0. The minimum absolute atomic E-state index is 0.0562. The van der Waals surface area contributed by atoms with Crippen LogP contribution in [-0.4, -0.2) is 15.8 Å². The molecule has 0 unspecified atom stereocenters. The zero-order valence-corrected chi connectivity index (χ0v) is 29.3. The monoisotopic (exact) mass is 692 g/mol. The Bertz CT molecular complexity index is 3500. The quantitative estimate of drug-likeness (QED) is 0.125. The van der Waals surface area contributed by atoms with E-state index in [1.807, 2.05) is 12.1 Å². The maximum atomic E-state index is 10.1. The van der Waals surface area contributed by atoms with Gasteiger partial charge < -0.3 is 9.13 Å². The Labute approximate surface area is 315 Å². The molecule has 2 aliphatic rings. The molecule has 0 aliphatic carbocycles. The van der Waals surface area contributed by atoms with Gasteiger partial charge in [-0.15, -0.1) is 0 Å². The Morgan fingerprint density at radius 1 is 0.509 bits per heavy atom. The van der Waals surface area contributed by atoms with E-state index in [0.29, 0.717) is 11.3 Å². The van der Waals surface area contributed by atoms with Crippen LogP contribution >= 0.6 is 0 Å². The van der Waals surface area contributed by atoms with E-state index >= 15 is 0 Å². The second-order valence-corrected chi connectivity index (χ2v) is 15.1. The first-order valence-corrected chi connectivity index (χ1v) is 18.6. The van der Waals surface area contributed by atoms with Crippen molar-refractivity contribution in [3.05, 3.63) is 169 Å². The molecule has 248 valence electrons. The lowest BCUT2D eigenvalue weighted by molar-refractivity contribution is 1.14. The van der Waals surface area contributed by atoms with Crippen molar-refractivity contribution in [3.8, 4) is 28.6 Å². The molecular formula is C50H25BN4. The maximum Gasteiger partial charge on any atom is 0.252 e. The van der Waals surface area contributed by atoms with Crippen LogP contribution in [0.15, 0.2) is 152 Å². The van der Waals surface area contributed by atoms with E-state index in [1.165, 1.54) is 70.5 Å². The largest absolute Gasteiger partial charge is 0.310 e. The summed E-state index contributed by atoms with van der Waals surface area (Å²) in [6.07, 6.45) is 0. The maximum absolute atomic E-state index is 10.1. The first kappa shape index (κ1) is 28.9. The van der Waals surface area contributed by atoms with Gasteiger partial charge in [0.25, 0.3) is 6.71 Å². The summed E-state index contributed by atoms with van der Waals surface area (Å²) in [6.45, 7) is 7.91. The standard InChI is InChI=1S/C50H25BN4/c1-53-35-17-19-43-39(26-35)47-37-13-7-5-11-33(37)23-41-50(47)55(43)45-25-34(31-16-15-29-8-2-3-9-30(29)21-31)24-44-48(45)51(41)40-22-32-10-4-6-12-36(32)46-38-20-28(27-52)14-18-42(38)54(44)49(40)46/h2-26H. The van der Waals surface area contributed by atoms with Gasteiger partial charge >= 0.3 is 0 Å². The minimum atomic E-state index is -0.0562. The number of nitrogens with zero attached hydrogens (tertiary/aromatic N) is 4. The van der Waals surface area contributed by atoms with E-state index in [1.54, 1.807) is 0 Å². The molecule has 0 fully saturated rings. The van der Waals surface area contributed by atoms with Crippen LogP contribution in [0.3, 0.4) is 0 Å². The van der Waals surface area contributed by atoms with Gasteiger partial charge in [-0.25, -0.2) is 4.85 Å². The predicted octanol–water partition coefficient (Wildman–Crippen LogP) is 10.6. The molecule has 0 atom stereocenters. The first-order chi connectivity index (χ1) is 27.2. The van der Waals surface area contributed by atoms with Crippen LogP contribution < -0.4 is 16.4 Å². The fourth-order valence-electron chi connectivity index (χ4n) is 10.2. The smallest absolute Gasteiger partial charge is 0.252 e. The summed E-state index contributed by atoms with van der Waals surface area (Å²) in [5, 5.41) is 21.9. The highest BCUT2D eigenvalue weighted by atomic mass is 15.0. The van der Waals surface area contributed by atoms with E-state index in [4.69, 9.17) is 6.57 Å². The zero-order valence-electron chi connectivity index (χ0n) is 29.3. The average Bonchev–Trinajstić information content (AvgIpc) is 3.77. The van der Waals surface area contributed by atoms with Gasteiger partial charge in [-0.1, -0.05) is 103 Å². The van der Waals surface area contributed by atoms with Crippen molar-refractivity contribution in [3.63, 3.8) is 0 Å². The van der Waals surface area contributed by atoms with Gasteiger partial charge in [-0.3, -0.25) is 0 Å². The van der Waals surface area contributed by atoms with Gasteiger partial charge in [0.1, 0.15) is 0 Å². The highest BCUT2D eigenvalue weighted by Gasteiger charge is 2.42. The lowest BCUT2D eigenvalue weighted by Crippen LogP contribution is -2.59. The van der Waals surface area contributed by atoms with Crippen LogP contribution in [0, 0.1) is 17.9 Å². The predicted molar refractivity (Wildman–Crippen MR) is 229 cm³/mol. The van der Waals surface area contributed by atoms with Crippen molar-refractivity contribution in [1.82, 2.24) is 9.13 Å². The zero-order chi connectivity index (χ0) is 36.1. The molecule has 0 bridgehead atoms. The van der Waals surface area contributed by atoms with Crippen molar-refractivity contribution in [2.45, 2.75) is 0 Å². The number of rotatable bonds is 1. The molecule has 0 radical (unpaired) electrons. The molecule has 5 heteroatoms. The van der Waals surface area contributed by atoms with Gasteiger partial charge in [0.2, 0.25) is 0 Å². The Hall–Kier alpha value is -7.60. The normalized spacial score (nSPS) is 12.7. The molecule has 11 aromatic rings. The molecule has 55 heavy (non-hydrogen) atoms. The molecule has 0 spiro atoms. The van der Waals surface area contributed by atoms with Gasteiger partial charge in [-0.05, 0) is 114 Å². The number of benzene rings is 9. The second-order valence-electron chi connectivity index (χ2n) is 15.1. The van der Waals surface area contributed by atoms with Crippen LogP contribution in [0.5, 0.6) is 0 Å². The van der Waals surface area contributed by atoms with Crippen LogP contribution in [0.1, 0.15) is 5.56 Å². The van der Waals surface area contributed by atoms with Crippen molar-refractivity contribution in [1.29, 1.82) is 5.26 Å². The molecule has 0 amide bonds. The highest BCUT2D eigenvalue weighted by molar-refractivity contribution is 7.00. The van der Waals surface area contributed by atoms with Crippen LogP contribution in [0.25, 0.3) is 103 Å². The molecule has 13 rings (SSSR count). The fourth-order valence-corrected chi connectivity index (χ4v) is 10.2. The number of hydrogen-bond donors (Lipinski definition) is 0. The second kappa shape index (κ2) is 10.1. The average molecular weight is 693 g/mol. The van der Waals surface area contributed by atoms with Gasteiger partial charge in [0, 0.05) is 33.1 Å². The third-order valence-electron chi connectivity index (χ3n) is 12.4. The number of nitriles is 1. The highest BCUT2D eigenvalue weighted by Crippen LogP contribution is 2.44. The third-order valence-corrected chi connectivity index (χ3v) is 12.4. The number of fused-ring (bicyclic) bond motifs is 15. The Morgan fingerprint density at radius 3 is 1.73 bits per heavy atom. The SMILES string of the molecule is [C-]#[N+]c1ccc2c(c1)c1c3ccccc3cc3c1n2-c1cc(-c2ccc4ccccc4c2)cc2c1B3c1cc3ccccc3c3c4cc(C#N)ccc4n-2c13. The molecular weight excluding hydrogens is 667 g/mol. The van der Waals surface area contributed by atoms with Crippen LogP contribution in [0.4, 0.5) is 5.69 Å². The molecule has 0 saturated carbocycles. The van der Waals surface area contributed by atoms with Crippen molar-refractivity contribution < 1.29 is 0 Å². The summed E-state index contributed by atoms with van der Waals surface area (Å²) in [6, 6.07) is 57.2. The molecule has 9 aromatic carbocycles. The minimum Gasteiger partial charge on any atom is -0.310 e. The molecule has 4 nitrogen and oxygen atoms in total. The fraction of sp³-hybridized carbons (Fsp3) is 0. The number of hydrogen-bond acceptors (Lipinski definition) is 1. The van der Waals surface area contributed by atoms with Crippen molar-refractivity contribution in [2.75, 3.05) is 0 Å². The molecule has 0 saturated heterocycles. The molecule has 2 aliphatic heterocycles. The number of aromatic nitrogens is 2. The van der Waals surface area contributed by atoms with Crippen molar-refractivity contribution in [2.24, 2.45) is 0 Å². The Kier molecular flexibility index (Phi) is 5.30. The molecule has 4 heterocycles. The summed E-state index contributed by atoms with van der Waals surface area (Å²) in [5.74, 6) is 0. The van der Waals surface area contributed by atoms with E-state index in [2.05, 4.69) is 160 Å². The third kappa shape index (κ3) is 3.56. The van der Waals surface area contributed by atoms with Gasteiger partial charge in [-0.2, -0.15) is 5.26 Å². The van der Waals surface area contributed by atoms with E-state index < -0.39 is 0 Å². The van der Waals surface area contributed by atoms with Gasteiger partial charge in [0.05, 0.1) is 34.8 Å². The molecule has 2 aromatic heterocycles. The van der Waals surface area contributed by atoms with E-state index in [0.717, 1.165) is 44.3 Å². The Balaban J connectivity index is 1.29. The van der Waals surface area contributed by atoms with E-state index in [9.17, 15) is 5.26 Å². The lowest BCUT2D eigenvalue weighted by atomic mass is 9.34. The summed E-state index contributed by atoms with van der Waals surface area (Å²) >= 11 is 0. The first-order valence-electron chi connectivity index (χ1n) is 18.6. The van der Waals surface area contributed by atoms with Crippen LogP contribution in [-0.2, 0) is 0 Å². The van der Waals surface area contributed by atoms with Crippen molar-refractivity contribution >= 4 is 105 Å². The topological polar surface area (TPSA) is 38.0 Å². The molecule has 0 N–H and O–H groups in total. The Morgan fingerprint density at radius 2 is 1.09 bits per heavy atom. The van der Waals surface area contributed by atoms with Crippen LogP contribution in [0.2, 0.25) is 0 Å². The summed E-state index contributed by atoms with van der Waals surface area (Å²) in [5.41, 5.74) is 14.3. The van der Waals surface area contributed by atoms with Gasteiger partial charge in [0.15, 0.2) is 5.69 Å². The summed E-state index contributed by atoms with van der Waals surface area (Å²) in [4.78, 5) is 3.89. The lowest BCUT2D eigenvalue weighted by Gasteiger charge is -2.34.